The third-order valence-electron chi connectivity index (χ3n) is 5.01. The van der Waals surface area contributed by atoms with Crippen molar-refractivity contribution >= 4 is 51.9 Å². The number of fused-ring (bicyclic) bond motifs is 1. The van der Waals surface area contributed by atoms with Gasteiger partial charge in [-0.15, -0.1) is 0 Å². The van der Waals surface area contributed by atoms with E-state index in [0.717, 1.165) is 16.7 Å². The zero-order valence-corrected chi connectivity index (χ0v) is 17.3. The Balaban J connectivity index is 1.25. The molecule has 0 aliphatic carbocycles. The molecule has 1 aliphatic heterocycles. The highest BCUT2D eigenvalue weighted by molar-refractivity contribution is 7.99. The molecule has 4 rings (SSSR count). The number of carbonyl (C=O) groups is 2. The summed E-state index contributed by atoms with van der Waals surface area (Å²) < 4.78 is 0. The second-order valence-electron chi connectivity index (χ2n) is 7.00. The number of para-hydroxylation sites is 1. The fraction of sp³-hybridized carbons (Fsp3) is 0.286. The first-order valence-electron chi connectivity index (χ1n) is 9.50. The van der Waals surface area contributed by atoms with Crippen LogP contribution in [0.4, 0.5) is 5.69 Å². The van der Waals surface area contributed by atoms with Crippen LogP contribution in [-0.2, 0) is 9.59 Å². The monoisotopic (exact) mass is 428 g/mol. The van der Waals surface area contributed by atoms with Crippen molar-refractivity contribution in [3.8, 4) is 0 Å². The lowest BCUT2D eigenvalue weighted by Crippen LogP contribution is -2.42. The first-order valence-corrected chi connectivity index (χ1v) is 10.9. The Morgan fingerprint density at radius 2 is 1.93 bits per heavy atom. The molecule has 0 spiro atoms. The van der Waals surface area contributed by atoms with Crippen LogP contribution in [0.15, 0.2) is 53.7 Å². The van der Waals surface area contributed by atoms with Crippen LogP contribution in [0.5, 0.6) is 0 Å². The highest BCUT2D eigenvalue weighted by atomic mass is 35.5. The zero-order chi connectivity index (χ0) is 20.2. The minimum atomic E-state index is -0.0629. The first-order chi connectivity index (χ1) is 14.1. The Labute approximate surface area is 178 Å². The van der Waals surface area contributed by atoms with Gasteiger partial charge in [0.15, 0.2) is 5.16 Å². The number of likely N-dealkylation sites (tertiary alicyclic amines) is 1. The quantitative estimate of drug-likeness (QED) is 0.597. The van der Waals surface area contributed by atoms with Gasteiger partial charge >= 0.3 is 0 Å². The lowest BCUT2D eigenvalue weighted by atomic mass is 9.96. The van der Waals surface area contributed by atoms with E-state index in [2.05, 4.69) is 15.3 Å². The van der Waals surface area contributed by atoms with E-state index in [4.69, 9.17) is 11.6 Å². The molecule has 6 nitrogen and oxygen atoms in total. The molecule has 1 saturated heterocycles. The van der Waals surface area contributed by atoms with Crippen molar-refractivity contribution in [3.05, 3.63) is 53.6 Å². The topological polar surface area (TPSA) is 78.1 Å². The number of anilines is 1. The minimum absolute atomic E-state index is 0.0265. The maximum atomic E-state index is 12.6. The van der Waals surface area contributed by atoms with Crippen LogP contribution in [0.25, 0.3) is 11.0 Å². The Kier molecular flexibility index (Phi) is 6.06. The number of thioether (sulfide) groups is 1. The van der Waals surface area contributed by atoms with Gasteiger partial charge < -0.3 is 15.2 Å². The molecule has 1 aromatic heterocycles. The molecule has 0 atom stereocenters. The fourth-order valence-electron chi connectivity index (χ4n) is 3.41. The van der Waals surface area contributed by atoms with Crippen molar-refractivity contribution in [3.63, 3.8) is 0 Å². The van der Waals surface area contributed by atoms with E-state index in [1.54, 1.807) is 6.07 Å². The number of H-pyrrole nitrogens is 1. The molecule has 3 aromatic rings. The second-order valence-corrected chi connectivity index (χ2v) is 8.40. The average molecular weight is 429 g/mol. The predicted octanol–water partition coefficient (Wildman–Crippen LogP) is 4.19. The van der Waals surface area contributed by atoms with Crippen molar-refractivity contribution in [2.24, 2.45) is 5.92 Å². The summed E-state index contributed by atoms with van der Waals surface area (Å²) in [5.41, 5.74) is 2.49. The molecular formula is C21H21ClN4O2S. The number of hydrogen-bond donors (Lipinski definition) is 2. The van der Waals surface area contributed by atoms with Crippen LogP contribution in [0.2, 0.25) is 5.02 Å². The van der Waals surface area contributed by atoms with Gasteiger partial charge in [0.2, 0.25) is 11.8 Å². The van der Waals surface area contributed by atoms with Crippen LogP contribution in [0.3, 0.4) is 0 Å². The average Bonchev–Trinajstić information content (AvgIpc) is 3.15. The van der Waals surface area contributed by atoms with E-state index < -0.39 is 0 Å². The van der Waals surface area contributed by atoms with Crippen LogP contribution < -0.4 is 5.32 Å². The molecule has 2 N–H and O–H groups in total. The van der Waals surface area contributed by atoms with E-state index in [-0.39, 0.29) is 17.7 Å². The van der Waals surface area contributed by atoms with Gasteiger partial charge in [-0.2, -0.15) is 0 Å². The number of nitrogens with one attached hydrogen (secondary N) is 2. The van der Waals surface area contributed by atoms with Gasteiger partial charge in [-0.3, -0.25) is 9.59 Å². The molecule has 8 heteroatoms. The van der Waals surface area contributed by atoms with Crippen molar-refractivity contribution in [2.45, 2.75) is 18.0 Å². The summed E-state index contributed by atoms with van der Waals surface area (Å²) in [4.78, 5) is 34.5. The maximum Gasteiger partial charge on any atom is 0.233 e. The highest BCUT2D eigenvalue weighted by Gasteiger charge is 2.27. The molecule has 2 heterocycles. The molecule has 0 saturated carbocycles. The van der Waals surface area contributed by atoms with Crippen molar-refractivity contribution in [1.29, 1.82) is 0 Å². The van der Waals surface area contributed by atoms with Gasteiger partial charge in [0.05, 0.1) is 16.8 Å². The van der Waals surface area contributed by atoms with Crippen molar-refractivity contribution in [2.75, 3.05) is 24.2 Å². The van der Waals surface area contributed by atoms with E-state index >= 15 is 0 Å². The number of rotatable bonds is 5. The van der Waals surface area contributed by atoms with Crippen LogP contribution in [-0.4, -0.2) is 45.5 Å². The highest BCUT2D eigenvalue weighted by Crippen LogP contribution is 2.24. The van der Waals surface area contributed by atoms with Crippen LogP contribution in [0.1, 0.15) is 12.8 Å². The number of nitrogens with zero attached hydrogens (tertiary/aromatic N) is 2. The van der Waals surface area contributed by atoms with E-state index in [1.807, 2.05) is 47.4 Å². The largest absolute Gasteiger partial charge is 0.342 e. The Bertz CT molecular complexity index is 1020. The van der Waals surface area contributed by atoms with Gasteiger partial charge in [0, 0.05) is 29.7 Å². The summed E-state index contributed by atoms with van der Waals surface area (Å²) >= 11 is 7.37. The summed E-state index contributed by atoms with van der Waals surface area (Å²) in [5, 5.41) is 4.30. The molecular weight excluding hydrogens is 408 g/mol. The summed E-state index contributed by atoms with van der Waals surface area (Å²) in [6.45, 7) is 1.20. The number of halogens is 1. The lowest BCUT2D eigenvalue weighted by Gasteiger charge is -2.31. The van der Waals surface area contributed by atoms with Gasteiger partial charge in [-0.05, 0) is 43.2 Å². The Morgan fingerprint density at radius 3 is 2.69 bits per heavy atom. The van der Waals surface area contributed by atoms with E-state index in [0.29, 0.717) is 41.9 Å². The smallest absolute Gasteiger partial charge is 0.233 e. The molecule has 1 fully saturated rings. The van der Waals surface area contributed by atoms with Crippen LogP contribution in [0, 0.1) is 5.92 Å². The van der Waals surface area contributed by atoms with E-state index in [1.165, 1.54) is 11.8 Å². The first kappa shape index (κ1) is 19.8. The van der Waals surface area contributed by atoms with Gasteiger partial charge in [-0.25, -0.2) is 4.98 Å². The molecule has 29 heavy (non-hydrogen) atoms. The number of benzene rings is 2. The van der Waals surface area contributed by atoms with Crippen LogP contribution >= 0.6 is 23.4 Å². The SMILES string of the molecule is O=C(Nc1ccccc1)C1CCN(C(=O)CSc2nc3ccc(Cl)cc3[nH]2)CC1. The number of aromatic nitrogens is 2. The number of imidazole rings is 1. The summed E-state index contributed by atoms with van der Waals surface area (Å²) in [6, 6.07) is 14.9. The summed E-state index contributed by atoms with van der Waals surface area (Å²) in [7, 11) is 0. The predicted molar refractivity (Wildman–Crippen MR) is 116 cm³/mol. The molecule has 150 valence electrons. The number of amides is 2. The number of aromatic amines is 1. The lowest BCUT2D eigenvalue weighted by molar-refractivity contribution is -0.132. The van der Waals surface area contributed by atoms with Gasteiger partial charge in [-0.1, -0.05) is 41.6 Å². The maximum absolute atomic E-state index is 12.6. The number of hydrogen-bond acceptors (Lipinski definition) is 4. The summed E-state index contributed by atoms with van der Waals surface area (Å²) in [5.74, 6) is 0.343. The third kappa shape index (κ3) is 4.92. The minimum Gasteiger partial charge on any atom is -0.342 e. The Morgan fingerprint density at radius 1 is 1.17 bits per heavy atom. The normalized spacial score (nSPS) is 14.9. The second kappa shape index (κ2) is 8.88. The zero-order valence-electron chi connectivity index (χ0n) is 15.7. The molecule has 0 radical (unpaired) electrons. The van der Waals surface area contributed by atoms with Gasteiger partial charge in [0.25, 0.3) is 0 Å². The number of piperidine rings is 1. The third-order valence-corrected chi connectivity index (χ3v) is 6.11. The molecule has 2 amide bonds. The standard InChI is InChI=1S/C21H21ClN4O2S/c22-15-6-7-17-18(12-15)25-21(24-17)29-13-19(27)26-10-8-14(9-11-26)20(28)23-16-4-2-1-3-5-16/h1-7,12,14H,8-11,13H2,(H,23,28)(H,24,25). The molecule has 0 bridgehead atoms. The molecule has 2 aromatic carbocycles. The van der Waals surface area contributed by atoms with Crippen molar-refractivity contribution < 1.29 is 9.59 Å². The molecule has 1 aliphatic rings. The molecule has 0 unspecified atom stereocenters. The van der Waals surface area contributed by atoms with E-state index in [9.17, 15) is 9.59 Å². The number of carbonyl (C=O) groups excluding carboxylic acids is 2. The fourth-order valence-corrected chi connectivity index (χ4v) is 4.36. The summed E-state index contributed by atoms with van der Waals surface area (Å²) in [6.07, 6.45) is 1.36. The van der Waals surface area contributed by atoms with Gasteiger partial charge in [0.1, 0.15) is 0 Å². The van der Waals surface area contributed by atoms with Crippen molar-refractivity contribution in [1.82, 2.24) is 14.9 Å². The Hall–Kier alpha value is -2.51.